The first-order chi connectivity index (χ1) is 17.0. The van der Waals surface area contributed by atoms with Crippen LogP contribution in [0.15, 0.2) is 65.5 Å². The molecule has 2 aromatic heterocycles. The van der Waals surface area contributed by atoms with Crippen molar-refractivity contribution in [1.82, 2.24) is 9.55 Å². The number of carbonyl (C=O) groups is 1. The summed E-state index contributed by atoms with van der Waals surface area (Å²) < 4.78 is 27.1. The highest BCUT2D eigenvalue weighted by molar-refractivity contribution is 6.04. The van der Waals surface area contributed by atoms with Crippen molar-refractivity contribution in [2.24, 2.45) is 0 Å². The Kier molecular flexibility index (Phi) is 6.40. The third-order valence-corrected chi connectivity index (χ3v) is 6.57. The Hall–Kier alpha value is -3.87. The van der Waals surface area contributed by atoms with Crippen LogP contribution in [0, 0.1) is 12.7 Å². The maximum Gasteiger partial charge on any atom is 0.291 e. The van der Waals surface area contributed by atoms with Crippen LogP contribution in [0.3, 0.4) is 0 Å². The van der Waals surface area contributed by atoms with Crippen molar-refractivity contribution in [3.8, 4) is 28.3 Å². The second-order valence-electron chi connectivity index (χ2n) is 8.97. The minimum Gasteiger partial charge on any atom is -0.494 e. The molecule has 4 aromatic rings. The summed E-state index contributed by atoms with van der Waals surface area (Å²) in [6.07, 6.45) is 9.07. The van der Waals surface area contributed by atoms with Gasteiger partial charge in [0, 0.05) is 17.2 Å². The number of nitrogens with one attached hydrogen (secondary N) is 1. The summed E-state index contributed by atoms with van der Waals surface area (Å²) in [5.41, 5.74) is 4.80. The summed E-state index contributed by atoms with van der Waals surface area (Å²) >= 11 is 0. The number of nitrogens with zero attached hydrogens (tertiary/aromatic N) is 2. The number of rotatable bonds is 6. The fourth-order valence-corrected chi connectivity index (χ4v) is 4.94. The number of hydrogen-bond acceptors (Lipinski definition) is 4. The number of imidazole rings is 1. The Morgan fingerprint density at radius 2 is 1.91 bits per heavy atom. The molecule has 1 amide bonds. The number of amides is 1. The smallest absolute Gasteiger partial charge is 0.291 e. The number of aromatic nitrogens is 2. The molecule has 0 saturated heterocycles. The van der Waals surface area contributed by atoms with Crippen LogP contribution in [0.1, 0.15) is 54.3 Å². The van der Waals surface area contributed by atoms with Crippen LogP contribution in [-0.2, 0) is 0 Å². The number of anilines is 1. The minimum absolute atomic E-state index is 0.217. The molecule has 1 aliphatic rings. The van der Waals surface area contributed by atoms with Crippen molar-refractivity contribution in [2.75, 3.05) is 12.4 Å². The molecule has 6 nitrogen and oxygen atoms in total. The summed E-state index contributed by atoms with van der Waals surface area (Å²) in [6.45, 7) is 1.98. The Morgan fingerprint density at radius 3 is 2.60 bits per heavy atom. The van der Waals surface area contributed by atoms with E-state index in [-0.39, 0.29) is 17.5 Å². The van der Waals surface area contributed by atoms with E-state index < -0.39 is 0 Å². The normalized spacial score (nSPS) is 14.1. The SMILES string of the molecule is COc1c(NC(=O)c2ccco2)cc(C)cc1-c1c(-c2ccc(F)cc2)ncn1C1CCCCC1. The maximum atomic E-state index is 13.7. The number of ether oxygens (including phenoxy) is 1. The van der Waals surface area contributed by atoms with Gasteiger partial charge < -0.3 is 19.0 Å². The standard InChI is InChI=1S/C28H28FN3O3/c1-18-15-22(27(34-2)23(16-18)31-28(33)24-9-6-14-35-24)26-25(19-10-12-20(29)13-11-19)30-17-32(26)21-7-4-3-5-8-21/h6,9-17,21H,3-5,7-8H2,1-2H3,(H,31,33). The van der Waals surface area contributed by atoms with E-state index in [1.165, 1.54) is 37.7 Å². The van der Waals surface area contributed by atoms with E-state index in [0.717, 1.165) is 40.9 Å². The van der Waals surface area contributed by atoms with Gasteiger partial charge in [0.1, 0.15) is 5.82 Å². The van der Waals surface area contributed by atoms with Gasteiger partial charge in [-0.25, -0.2) is 9.37 Å². The maximum absolute atomic E-state index is 13.7. The van der Waals surface area contributed by atoms with E-state index in [4.69, 9.17) is 14.1 Å². The van der Waals surface area contributed by atoms with Crippen LogP contribution in [0.2, 0.25) is 0 Å². The van der Waals surface area contributed by atoms with E-state index in [0.29, 0.717) is 17.5 Å². The summed E-state index contributed by atoms with van der Waals surface area (Å²) in [5, 5.41) is 2.94. The second kappa shape index (κ2) is 9.78. The quantitative estimate of drug-likeness (QED) is 0.327. The summed E-state index contributed by atoms with van der Waals surface area (Å²) in [6, 6.07) is 13.9. The molecule has 0 atom stereocenters. The molecule has 0 bridgehead atoms. The molecular weight excluding hydrogens is 445 g/mol. The zero-order chi connectivity index (χ0) is 24.4. The molecule has 180 valence electrons. The van der Waals surface area contributed by atoms with Crippen LogP contribution in [-0.4, -0.2) is 22.6 Å². The molecule has 2 aromatic carbocycles. The highest BCUT2D eigenvalue weighted by atomic mass is 19.1. The van der Waals surface area contributed by atoms with Crippen molar-refractivity contribution < 1.29 is 18.3 Å². The van der Waals surface area contributed by atoms with Crippen molar-refractivity contribution in [3.63, 3.8) is 0 Å². The molecule has 1 N–H and O–H groups in total. The van der Waals surface area contributed by atoms with E-state index >= 15 is 0 Å². The van der Waals surface area contributed by atoms with Crippen LogP contribution in [0.4, 0.5) is 10.1 Å². The first-order valence-electron chi connectivity index (χ1n) is 11.9. The first kappa shape index (κ1) is 22.9. The van der Waals surface area contributed by atoms with Crippen LogP contribution in [0.5, 0.6) is 5.75 Å². The molecule has 7 heteroatoms. The fourth-order valence-electron chi connectivity index (χ4n) is 4.94. The number of hydrogen-bond donors (Lipinski definition) is 1. The molecule has 0 spiro atoms. The average molecular weight is 474 g/mol. The lowest BCUT2D eigenvalue weighted by Crippen LogP contribution is -2.14. The fraction of sp³-hybridized carbons (Fsp3) is 0.286. The van der Waals surface area contributed by atoms with Crippen LogP contribution in [0.25, 0.3) is 22.5 Å². The third-order valence-electron chi connectivity index (χ3n) is 6.57. The zero-order valence-electron chi connectivity index (χ0n) is 19.9. The Balaban J connectivity index is 1.67. The molecule has 1 fully saturated rings. The van der Waals surface area contributed by atoms with E-state index in [1.54, 1.807) is 31.4 Å². The van der Waals surface area contributed by atoms with Gasteiger partial charge in [-0.15, -0.1) is 0 Å². The van der Waals surface area contributed by atoms with Crippen molar-refractivity contribution in [1.29, 1.82) is 0 Å². The lowest BCUT2D eigenvalue weighted by Gasteiger charge is -2.26. The van der Waals surface area contributed by atoms with Gasteiger partial charge in [-0.3, -0.25) is 4.79 Å². The van der Waals surface area contributed by atoms with Crippen LogP contribution >= 0.6 is 0 Å². The number of halogens is 1. The zero-order valence-corrected chi connectivity index (χ0v) is 19.9. The second-order valence-corrected chi connectivity index (χ2v) is 8.97. The van der Waals surface area contributed by atoms with Crippen LogP contribution < -0.4 is 10.1 Å². The third kappa shape index (κ3) is 4.58. The Bertz CT molecular complexity index is 1320. The monoisotopic (exact) mass is 473 g/mol. The van der Waals surface area contributed by atoms with Gasteiger partial charge in [0.2, 0.25) is 0 Å². The van der Waals surface area contributed by atoms with Gasteiger partial charge in [-0.05, 0) is 73.9 Å². The topological polar surface area (TPSA) is 69.3 Å². The van der Waals surface area contributed by atoms with Gasteiger partial charge in [0.25, 0.3) is 5.91 Å². The largest absolute Gasteiger partial charge is 0.494 e. The van der Waals surface area contributed by atoms with Crippen molar-refractivity contribution >= 4 is 11.6 Å². The van der Waals surface area contributed by atoms with E-state index in [1.807, 2.05) is 25.4 Å². The Morgan fingerprint density at radius 1 is 1.14 bits per heavy atom. The van der Waals surface area contributed by atoms with Gasteiger partial charge in [-0.1, -0.05) is 19.3 Å². The van der Waals surface area contributed by atoms with Gasteiger partial charge in [-0.2, -0.15) is 0 Å². The van der Waals surface area contributed by atoms with Gasteiger partial charge in [0.15, 0.2) is 11.5 Å². The van der Waals surface area contributed by atoms with Gasteiger partial charge in [0.05, 0.1) is 36.8 Å². The molecule has 1 saturated carbocycles. The molecule has 35 heavy (non-hydrogen) atoms. The minimum atomic E-state index is -0.357. The molecule has 0 unspecified atom stereocenters. The average Bonchev–Trinajstić information content (AvgIpc) is 3.55. The number of benzene rings is 2. The lowest BCUT2D eigenvalue weighted by atomic mass is 9.94. The van der Waals surface area contributed by atoms with E-state index in [2.05, 4.69) is 9.88 Å². The number of furan rings is 1. The summed E-state index contributed by atoms with van der Waals surface area (Å²) in [5.74, 6) is 0.105. The lowest BCUT2D eigenvalue weighted by molar-refractivity contribution is 0.0996. The summed E-state index contributed by atoms with van der Waals surface area (Å²) in [7, 11) is 1.59. The van der Waals surface area contributed by atoms with Crippen molar-refractivity contribution in [2.45, 2.75) is 45.1 Å². The number of methoxy groups -OCH3 is 1. The predicted molar refractivity (Wildman–Crippen MR) is 133 cm³/mol. The molecule has 2 heterocycles. The predicted octanol–water partition coefficient (Wildman–Crippen LogP) is 7.02. The highest BCUT2D eigenvalue weighted by Crippen LogP contribution is 2.44. The molecule has 0 radical (unpaired) electrons. The number of carbonyl (C=O) groups excluding carboxylic acids is 1. The van der Waals surface area contributed by atoms with Gasteiger partial charge >= 0.3 is 0 Å². The molecule has 5 rings (SSSR count). The summed E-state index contributed by atoms with van der Waals surface area (Å²) in [4.78, 5) is 17.6. The van der Waals surface area contributed by atoms with Crippen molar-refractivity contribution in [3.05, 3.63) is 78.3 Å². The molecular formula is C28H28FN3O3. The highest BCUT2D eigenvalue weighted by Gasteiger charge is 2.26. The first-order valence-corrected chi connectivity index (χ1v) is 11.9. The Labute approximate surface area is 203 Å². The molecule has 1 aliphatic carbocycles. The van der Waals surface area contributed by atoms with E-state index in [9.17, 15) is 9.18 Å². The number of aryl methyl sites for hydroxylation is 1. The molecule has 0 aliphatic heterocycles.